The average molecular weight is 476 g/mol. The molecule has 0 bridgehead atoms. The molecule has 1 aromatic carbocycles. The summed E-state index contributed by atoms with van der Waals surface area (Å²) in [7, 11) is 0. The van der Waals surface area contributed by atoms with E-state index in [-0.39, 0.29) is 18.9 Å². The molecule has 1 saturated heterocycles. The van der Waals surface area contributed by atoms with Crippen molar-refractivity contribution in [2.45, 2.75) is 102 Å². The fourth-order valence-corrected chi connectivity index (χ4v) is 4.35. The van der Waals surface area contributed by atoms with Crippen LogP contribution in [0, 0.1) is 0 Å². The number of aliphatic carboxylic acids is 1. The molecule has 5 atom stereocenters. The molecule has 1 aliphatic rings. The average Bonchev–Trinajstić information content (AvgIpc) is 3.23. The lowest BCUT2D eigenvalue weighted by Crippen LogP contribution is -2.49. The Morgan fingerprint density at radius 2 is 1.85 bits per heavy atom. The number of aromatic nitrogens is 1. The highest BCUT2D eigenvalue weighted by Gasteiger charge is 2.38. The molecule has 2 heterocycles. The minimum Gasteiger partial charge on any atom is -0.481 e. The number of para-hydroxylation sites is 1. The van der Waals surface area contributed by atoms with Gasteiger partial charge in [-0.2, -0.15) is 0 Å². The van der Waals surface area contributed by atoms with E-state index in [0.717, 1.165) is 55.8 Å². The van der Waals surface area contributed by atoms with E-state index < -0.39 is 36.5 Å². The molecule has 0 radical (unpaired) electrons. The lowest BCUT2D eigenvalue weighted by atomic mass is 10.0. The largest absolute Gasteiger partial charge is 0.481 e. The first-order valence-electron chi connectivity index (χ1n) is 12.3. The zero-order chi connectivity index (χ0) is 24.5. The predicted molar refractivity (Wildman–Crippen MR) is 128 cm³/mol. The van der Waals surface area contributed by atoms with Crippen LogP contribution < -0.4 is 0 Å². The molecule has 0 amide bonds. The van der Waals surface area contributed by atoms with Crippen molar-refractivity contribution >= 4 is 22.8 Å². The molecule has 0 aliphatic carbocycles. The number of aromatic amines is 1. The second kappa shape index (κ2) is 12.9. The molecule has 3 N–H and O–H groups in total. The number of fused-ring (bicyclic) bond motifs is 1. The topological polar surface area (TPSA) is 118 Å². The molecule has 188 valence electrons. The Labute approximate surface area is 200 Å². The number of unbranched alkanes of at least 4 members (excludes halogenated alkanes) is 5. The minimum absolute atomic E-state index is 0.0656. The van der Waals surface area contributed by atoms with Crippen molar-refractivity contribution in [1.82, 2.24) is 4.98 Å². The van der Waals surface area contributed by atoms with Crippen molar-refractivity contribution in [2.75, 3.05) is 0 Å². The summed E-state index contributed by atoms with van der Waals surface area (Å²) in [6.07, 6.45) is 6.22. The number of carboxylic acids is 1. The molecule has 0 saturated carbocycles. The lowest BCUT2D eigenvalue weighted by molar-refractivity contribution is -0.273. The van der Waals surface area contributed by atoms with E-state index in [1.165, 1.54) is 0 Å². The number of benzene rings is 1. The Balaban J connectivity index is 1.37. The van der Waals surface area contributed by atoms with Crippen molar-refractivity contribution in [3.8, 4) is 0 Å². The van der Waals surface area contributed by atoms with Gasteiger partial charge in [-0.1, -0.05) is 50.3 Å². The molecule has 1 aromatic heterocycles. The van der Waals surface area contributed by atoms with Crippen LogP contribution >= 0.6 is 0 Å². The van der Waals surface area contributed by atoms with Crippen LogP contribution in [0.1, 0.15) is 82.0 Å². The van der Waals surface area contributed by atoms with Crippen LogP contribution in [-0.2, 0) is 19.0 Å². The standard InChI is InChI=1S/C26H37NO7/c1-17(11-7-5-3-4-6-8-14-24(29)30)32-26-22(28)15-23(18(2)33-26)34-25(31)20-16-27-21-13-10-9-12-19(20)21/h9-10,12-13,16-18,22-23,26-28H,3-8,11,14-15H2,1-2H3,(H,29,30). The van der Waals surface area contributed by atoms with Gasteiger partial charge in [0, 0.05) is 29.9 Å². The van der Waals surface area contributed by atoms with Crippen LogP contribution in [0.25, 0.3) is 10.9 Å². The van der Waals surface area contributed by atoms with Crippen LogP contribution in [0.2, 0.25) is 0 Å². The smallest absolute Gasteiger partial charge is 0.340 e. The Bertz CT molecular complexity index is 927. The Morgan fingerprint density at radius 1 is 1.15 bits per heavy atom. The second-order valence-corrected chi connectivity index (χ2v) is 9.20. The van der Waals surface area contributed by atoms with Gasteiger partial charge >= 0.3 is 11.9 Å². The highest BCUT2D eigenvalue weighted by Crippen LogP contribution is 2.27. The van der Waals surface area contributed by atoms with Gasteiger partial charge in [-0.25, -0.2) is 4.79 Å². The van der Waals surface area contributed by atoms with E-state index in [2.05, 4.69) is 4.98 Å². The third kappa shape index (κ3) is 7.55. The fraction of sp³-hybridized carbons (Fsp3) is 0.615. The van der Waals surface area contributed by atoms with E-state index in [1.54, 1.807) is 6.20 Å². The highest BCUT2D eigenvalue weighted by molar-refractivity contribution is 6.04. The normalized spacial score (nSPS) is 23.6. The van der Waals surface area contributed by atoms with Crippen LogP contribution in [0.3, 0.4) is 0 Å². The van der Waals surface area contributed by atoms with Gasteiger partial charge < -0.3 is 29.4 Å². The van der Waals surface area contributed by atoms with Crippen molar-refractivity contribution in [1.29, 1.82) is 0 Å². The summed E-state index contributed by atoms with van der Waals surface area (Å²) in [6.45, 7) is 3.79. The van der Waals surface area contributed by atoms with E-state index in [9.17, 15) is 14.7 Å². The molecule has 5 unspecified atom stereocenters. The first kappa shape index (κ1) is 26.2. The van der Waals surface area contributed by atoms with Gasteiger partial charge in [-0.15, -0.1) is 0 Å². The van der Waals surface area contributed by atoms with Crippen LogP contribution in [-0.4, -0.2) is 57.8 Å². The summed E-state index contributed by atoms with van der Waals surface area (Å²) in [6, 6.07) is 7.53. The van der Waals surface area contributed by atoms with Gasteiger partial charge in [0.05, 0.1) is 17.8 Å². The molecule has 8 nitrogen and oxygen atoms in total. The summed E-state index contributed by atoms with van der Waals surface area (Å²) in [5, 5.41) is 20.0. The summed E-state index contributed by atoms with van der Waals surface area (Å²) in [5.74, 6) is -1.17. The molecule has 1 aliphatic heterocycles. The molecular weight excluding hydrogens is 438 g/mol. The molecule has 2 aromatic rings. The van der Waals surface area contributed by atoms with E-state index in [4.69, 9.17) is 19.3 Å². The molecule has 34 heavy (non-hydrogen) atoms. The number of carbonyl (C=O) groups excluding carboxylic acids is 1. The highest BCUT2D eigenvalue weighted by atomic mass is 16.7. The van der Waals surface area contributed by atoms with Gasteiger partial charge in [0.1, 0.15) is 12.2 Å². The maximum Gasteiger partial charge on any atom is 0.340 e. The number of H-pyrrole nitrogens is 1. The van der Waals surface area contributed by atoms with Gasteiger partial charge in [0.2, 0.25) is 0 Å². The number of hydrogen-bond acceptors (Lipinski definition) is 6. The van der Waals surface area contributed by atoms with Gasteiger partial charge in [-0.05, 0) is 32.8 Å². The number of carboxylic acid groups (broad SMARTS) is 1. The Morgan fingerprint density at radius 3 is 2.62 bits per heavy atom. The fourth-order valence-electron chi connectivity index (χ4n) is 4.35. The summed E-state index contributed by atoms with van der Waals surface area (Å²) < 4.78 is 17.5. The van der Waals surface area contributed by atoms with Gasteiger partial charge in [0.25, 0.3) is 0 Å². The quantitative estimate of drug-likeness (QED) is 0.281. The number of esters is 1. The van der Waals surface area contributed by atoms with E-state index in [0.29, 0.717) is 5.56 Å². The van der Waals surface area contributed by atoms with Crippen molar-refractivity contribution in [3.05, 3.63) is 36.0 Å². The van der Waals surface area contributed by atoms with Crippen molar-refractivity contribution in [2.24, 2.45) is 0 Å². The maximum atomic E-state index is 12.7. The third-order valence-corrected chi connectivity index (χ3v) is 6.35. The SMILES string of the molecule is CC(CCCCCCCCC(=O)O)OC1OC(C)C(OC(=O)c2c[nH]c3ccccc23)CC1O. The zero-order valence-corrected chi connectivity index (χ0v) is 20.1. The lowest BCUT2D eigenvalue weighted by Gasteiger charge is -2.38. The summed E-state index contributed by atoms with van der Waals surface area (Å²) >= 11 is 0. The van der Waals surface area contributed by atoms with Crippen LogP contribution in [0.15, 0.2) is 30.5 Å². The number of aliphatic hydroxyl groups excluding tert-OH is 1. The Hall–Kier alpha value is -2.42. The molecule has 1 fully saturated rings. The third-order valence-electron chi connectivity index (χ3n) is 6.35. The van der Waals surface area contributed by atoms with Crippen LogP contribution in [0.4, 0.5) is 0 Å². The Kier molecular flexibility index (Phi) is 9.92. The van der Waals surface area contributed by atoms with E-state index >= 15 is 0 Å². The minimum atomic E-state index is -0.881. The number of aliphatic hydroxyl groups is 1. The first-order valence-corrected chi connectivity index (χ1v) is 12.3. The molecule has 8 heteroatoms. The van der Waals surface area contributed by atoms with Crippen LogP contribution in [0.5, 0.6) is 0 Å². The van der Waals surface area contributed by atoms with E-state index in [1.807, 2.05) is 38.1 Å². The van der Waals surface area contributed by atoms with Gasteiger partial charge in [0.15, 0.2) is 6.29 Å². The zero-order valence-electron chi connectivity index (χ0n) is 20.1. The molecular formula is C26H37NO7. The summed E-state index contributed by atoms with van der Waals surface area (Å²) in [5.41, 5.74) is 1.33. The molecule has 0 spiro atoms. The maximum absolute atomic E-state index is 12.7. The number of hydrogen-bond donors (Lipinski definition) is 3. The molecule has 3 rings (SSSR count). The monoisotopic (exact) mass is 475 g/mol. The predicted octanol–water partition coefficient (Wildman–Crippen LogP) is 4.80. The van der Waals surface area contributed by atoms with Crippen molar-refractivity contribution < 1.29 is 34.0 Å². The van der Waals surface area contributed by atoms with Gasteiger partial charge in [-0.3, -0.25) is 4.79 Å². The number of rotatable bonds is 13. The summed E-state index contributed by atoms with van der Waals surface area (Å²) in [4.78, 5) is 26.3. The number of nitrogens with one attached hydrogen (secondary N) is 1. The first-order chi connectivity index (χ1) is 16.3. The number of carbonyl (C=O) groups is 2. The second-order valence-electron chi connectivity index (χ2n) is 9.20. The van der Waals surface area contributed by atoms with Crippen molar-refractivity contribution in [3.63, 3.8) is 0 Å². The number of ether oxygens (including phenoxy) is 3.